The number of benzene rings is 1. The van der Waals surface area contributed by atoms with Gasteiger partial charge in [0.1, 0.15) is 24.7 Å². The number of nitrogens with one attached hydrogen (secondary N) is 1. The molecule has 5 rings (SSSR count). The molecule has 0 unspecified atom stereocenters. The van der Waals surface area contributed by atoms with E-state index >= 15 is 0 Å². The Morgan fingerprint density at radius 3 is 2.97 bits per heavy atom. The number of H-pyrrole nitrogens is 1. The first kappa shape index (κ1) is 20.7. The number of hydrogen-bond acceptors (Lipinski definition) is 6. The monoisotopic (exact) mass is 440 g/mol. The van der Waals surface area contributed by atoms with Crippen LogP contribution in [0.15, 0.2) is 49.2 Å². The minimum Gasteiger partial charge on any atom is -0.370 e. The predicted molar refractivity (Wildman–Crippen MR) is 121 cm³/mol. The number of halogens is 1. The molecule has 0 radical (unpaired) electrons. The van der Waals surface area contributed by atoms with Crippen LogP contribution in [0.3, 0.4) is 0 Å². The van der Waals surface area contributed by atoms with E-state index in [0.29, 0.717) is 24.1 Å². The Kier molecular flexibility index (Phi) is 5.45. The fourth-order valence-corrected chi connectivity index (χ4v) is 4.72. The summed E-state index contributed by atoms with van der Waals surface area (Å²) < 4.78 is 15.2. The van der Waals surface area contributed by atoms with E-state index in [4.69, 9.17) is 0 Å². The average molecular weight is 440 g/mol. The third kappa shape index (κ3) is 3.68. The highest BCUT2D eigenvalue weighted by atomic mass is 19.1. The Hall–Kier alpha value is -4.24. The molecule has 4 aromatic rings. The van der Waals surface area contributed by atoms with Crippen molar-refractivity contribution in [2.75, 3.05) is 18.0 Å². The Morgan fingerprint density at radius 2 is 2.15 bits per heavy atom. The van der Waals surface area contributed by atoms with Crippen molar-refractivity contribution in [2.24, 2.45) is 5.92 Å². The Morgan fingerprint density at radius 1 is 1.24 bits per heavy atom. The molecule has 1 fully saturated rings. The molecule has 1 aliphatic rings. The number of rotatable bonds is 6. The van der Waals surface area contributed by atoms with Crippen molar-refractivity contribution < 1.29 is 4.39 Å². The molecule has 3 aromatic heterocycles. The molecule has 4 heterocycles. The number of nitriles is 2. The highest BCUT2D eigenvalue weighted by molar-refractivity contribution is 5.89. The van der Waals surface area contributed by atoms with Gasteiger partial charge in [-0.05, 0) is 18.6 Å². The lowest BCUT2D eigenvalue weighted by Crippen LogP contribution is -2.25. The van der Waals surface area contributed by atoms with E-state index in [9.17, 15) is 14.9 Å². The smallest absolute Gasteiger partial charge is 0.141 e. The molecule has 1 aromatic carbocycles. The first-order valence-corrected chi connectivity index (χ1v) is 10.8. The maximum Gasteiger partial charge on any atom is 0.141 e. The first-order chi connectivity index (χ1) is 16.2. The molecule has 9 heteroatoms. The summed E-state index contributed by atoms with van der Waals surface area (Å²) in [6.07, 6.45) is 8.21. The van der Waals surface area contributed by atoms with Gasteiger partial charge in [-0.15, -0.1) is 0 Å². The molecule has 33 heavy (non-hydrogen) atoms. The fourth-order valence-electron chi connectivity index (χ4n) is 4.72. The van der Waals surface area contributed by atoms with Crippen molar-refractivity contribution in [3.8, 4) is 23.4 Å². The van der Waals surface area contributed by atoms with E-state index < -0.39 is 6.67 Å². The van der Waals surface area contributed by atoms with Gasteiger partial charge < -0.3 is 9.88 Å². The Balaban J connectivity index is 1.42. The summed E-state index contributed by atoms with van der Waals surface area (Å²) in [5.41, 5.74) is 3.96. The number of fused-ring (bicyclic) bond motifs is 1. The van der Waals surface area contributed by atoms with Crippen molar-refractivity contribution in [1.82, 2.24) is 24.7 Å². The molecule has 2 atom stereocenters. The lowest BCUT2D eigenvalue weighted by molar-refractivity contribution is 0.332. The summed E-state index contributed by atoms with van der Waals surface area (Å²) in [5.74, 6) is 0.163. The van der Waals surface area contributed by atoms with Gasteiger partial charge in [-0.2, -0.15) is 15.6 Å². The molecule has 0 spiro atoms. The first-order valence-electron chi connectivity index (χ1n) is 10.8. The van der Waals surface area contributed by atoms with Gasteiger partial charge in [0.15, 0.2) is 0 Å². The van der Waals surface area contributed by atoms with E-state index in [-0.39, 0.29) is 12.0 Å². The predicted octanol–water partition coefficient (Wildman–Crippen LogP) is 4.14. The van der Waals surface area contributed by atoms with Crippen molar-refractivity contribution in [3.05, 3.63) is 60.3 Å². The number of alkyl halides is 1. The molecule has 1 aliphatic heterocycles. The van der Waals surface area contributed by atoms with Crippen molar-refractivity contribution in [3.63, 3.8) is 0 Å². The van der Waals surface area contributed by atoms with Crippen LogP contribution in [0.2, 0.25) is 0 Å². The molecular weight excluding hydrogens is 419 g/mol. The van der Waals surface area contributed by atoms with Crippen LogP contribution in [-0.4, -0.2) is 37.8 Å². The van der Waals surface area contributed by atoms with E-state index in [0.717, 1.165) is 40.9 Å². The molecule has 0 bridgehead atoms. The molecule has 8 nitrogen and oxygen atoms in total. The largest absolute Gasteiger partial charge is 0.370 e. The summed E-state index contributed by atoms with van der Waals surface area (Å²) in [7, 11) is 0. The summed E-state index contributed by atoms with van der Waals surface area (Å²) in [4.78, 5) is 13.9. The topological polar surface area (TPSA) is 110 Å². The second-order valence-electron chi connectivity index (χ2n) is 8.15. The van der Waals surface area contributed by atoms with Gasteiger partial charge in [0.05, 0.1) is 41.7 Å². The molecule has 1 saturated heterocycles. The molecule has 1 N–H and O–H groups in total. The molecule has 0 aliphatic carbocycles. The van der Waals surface area contributed by atoms with Gasteiger partial charge in [-0.3, -0.25) is 4.68 Å². The fraction of sp³-hybridized carbons (Fsp3) is 0.292. The highest BCUT2D eigenvalue weighted by Crippen LogP contribution is 2.36. The zero-order valence-corrected chi connectivity index (χ0v) is 17.8. The maximum atomic E-state index is 13.4. The van der Waals surface area contributed by atoms with Crippen LogP contribution >= 0.6 is 0 Å². The van der Waals surface area contributed by atoms with Crippen LogP contribution < -0.4 is 4.90 Å². The maximum absolute atomic E-state index is 13.4. The summed E-state index contributed by atoms with van der Waals surface area (Å²) in [6.45, 7) is 0.737. The normalized spacial score (nSPS) is 16.6. The van der Waals surface area contributed by atoms with Crippen LogP contribution in [-0.2, 0) is 6.67 Å². The summed E-state index contributed by atoms with van der Waals surface area (Å²) in [6, 6.07) is 11.6. The number of aromatic amines is 1. The highest BCUT2D eigenvalue weighted by Gasteiger charge is 2.32. The quantitative estimate of drug-likeness (QED) is 0.482. The minimum atomic E-state index is -0.668. The molecule has 0 amide bonds. The number of anilines is 1. The van der Waals surface area contributed by atoms with Gasteiger partial charge in [0.25, 0.3) is 0 Å². The van der Waals surface area contributed by atoms with Crippen LogP contribution in [0.5, 0.6) is 0 Å². The van der Waals surface area contributed by atoms with Crippen LogP contribution in [0, 0.1) is 28.6 Å². The van der Waals surface area contributed by atoms with Crippen molar-refractivity contribution >= 4 is 16.7 Å². The molecule has 0 saturated carbocycles. The van der Waals surface area contributed by atoms with Gasteiger partial charge in [0.2, 0.25) is 0 Å². The third-order valence-electron chi connectivity index (χ3n) is 6.36. The summed E-state index contributed by atoms with van der Waals surface area (Å²) in [5, 5.41) is 24.6. The standard InChI is InChI=1S/C24H21FN8/c25-10-16-2-1-3-22(20(16)11-27)32-9-6-17(13-32)21(4-7-26)33-14-18(12-31-33)23-19-5-8-28-24(19)30-15-29-23/h1-3,5,8,12,14-15,17,21H,4,6,9-10,13H2,(H,28,29,30)/t17-,21-/m0/s1. The average Bonchev–Trinajstić information content (AvgIpc) is 3.62. The van der Waals surface area contributed by atoms with Crippen molar-refractivity contribution in [2.45, 2.75) is 25.6 Å². The van der Waals surface area contributed by atoms with Crippen LogP contribution in [0.4, 0.5) is 10.1 Å². The zero-order valence-electron chi connectivity index (χ0n) is 17.8. The number of aromatic nitrogens is 5. The number of nitrogens with zero attached hydrogens (tertiary/aromatic N) is 7. The zero-order chi connectivity index (χ0) is 22.8. The second kappa shape index (κ2) is 8.71. The van der Waals surface area contributed by atoms with Gasteiger partial charge in [-0.1, -0.05) is 12.1 Å². The lowest BCUT2D eigenvalue weighted by Gasteiger charge is -2.24. The van der Waals surface area contributed by atoms with Gasteiger partial charge >= 0.3 is 0 Å². The lowest BCUT2D eigenvalue weighted by atomic mass is 9.96. The van der Waals surface area contributed by atoms with Gasteiger partial charge in [0, 0.05) is 47.9 Å². The molecule has 164 valence electrons. The van der Waals surface area contributed by atoms with E-state index in [1.807, 2.05) is 29.2 Å². The van der Waals surface area contributed by atoms with E-state index in [1.165, 1.54) is 6.33 Å². The van der Waals surface area contributed by atoms with E-state index in [1.54, 1.807) is 18.3 Å². The van der Waals surface area contributed by atoms with Gasteiger partial charge in [-0.25, -0.2) is 14.4 Å². The Labute approximate surface area is 189 Å². The Bertz CT molecular complexity index is 1380. The second-order valence-corrected chi connectivity index (χ2v) is 8.15. The number of hydrogen-bond donors (Lipinski definition) is 1. The van der Waals surface area contributed by atoms with Crippen LogP contribution in [0.1, 0.15) is 30.0 Å². The van der Waals surface area contributed by atoms with Crippen molar-refractivity contribution in [1.29, 1.82) is 10.5 Å². The SMILES string of the molecule is N#CC[C@@H]([C@H]1CCN(c2cccc(CF)c2C#N)C1)n1cc(-c2ncnc3[nH]ccc23)cn1. The van der Waals surface area contributed by atoms with Crippen LogP contribution in [0.25, 0.3) is 22.3 Å². The third-order valence-corrected chi connectivity index (χ3v) is 6.36. The van der Waals surface area contributed by atoms with E-state index in [2.05, 4.69) is 37.1 Å². The molecular formula is C24H21FN8. The summed E-state index contributed by atoms with van der Waals surface area (Å²) >= 11 is 0. The minimum absolute atomic E-state index is 0.118.